The SMILES string of the molecule is O=c1c2c3c(sc2nc2[nH]nc([C@H](O)[C@@H](O)[C@H](O)[C@H](O)CO)n12)CCc1ccccc1-3. The minimum absolute atomic E-state index is 0.0860. The van der Waals surface area contributed by atoms with Crippen LogP contribution in [-0.4, -0.2) is 70.0 Å². The first-order valence-electron chi connectivity index (χ1n) is 9.76. The van der Waals surface area contributed by atoms with Gasteiger partial charge in [0.1, 0.15) is 29.2 Å². The normalized spacial score (nSPS) is 17.3. The van der Waals surface area contributed by atoms with Crippen molar-refractivity contribution in [1.29, 1.82) is 0 Å². The van der Waals surface area contributed by atoms with Gasteiger partial charge < -0.3 is 25.5 Å². The fraction of sp³-hybridized carbons (Fsp3) is 0.350. The molecular formula is C20H20N4O6S. The van der Waals surface area contributed by atoms with Crippen molar-refractivity contribution in [1.82, 2.24) is 19.6 Å². The van der Waals surface area contributed by atoms with Crippen LogP contribution in [-0.2, 0) is 12.8 Å². The number of benzene rings is 1. The molecule has 0 radical (unpaired) electrons. The predicted octanol–water partition coefficient (Wildman–Crippen LogP) is -0.494. The van der Waals surface area contributed by atoms with E-state index in [9.17, 15) is 25.2 Å². The number of aliphatic hydroxyl groups is 5. The molecule has 3 aromatic heterocycles. The monoisotopic (exact) mass is 444 g/mol. The largest absolute Gasteiger partial charge is 0.394 e. The molecule has 4 atom stereocenters. The molecule has 1 aliphatic rings. The summed E-state index contributed by atoms with van der Waals surface area (Å²) in [6.07, 6.45) is -5.56. The molecule has 4 aromatic rings. The highest BCUT2D eigenvalue weighted by atomic mass is 32.1. The Balaban J connectivity index is 1.70. The summed E-state index contributed by atoms with van der Waals surface area (Å²) in [5.41, 5.74) is 2.48. The maximum atomic E-state index is 13.5. The summed E-state index contributed by atoms with van der Waals surface area (Å²) >= 11 is 1.44. The Morgan fingerprint density at radius 2 is 1.90 bits per heavy atom. The predicted molar refractivity (Wildman–Crippen MR) is 112 cm³/mol. The van der Waals surface area contributed by atoms with Gasteiger partial charge in [-0.1, -0.05) is 24.3 Å². The average molecular weight is 444 g/mol. The number of nitrogens with one attached hydrogen (secondary N) is 1. The molecule has 0 spiro atoms. The smallest absolute Gasteiger partial charge is 0.270 e. The van der Waals surface area contributed by atoms with E-state index < -0.39 is 36.6 Å². The Kier molecular flexibility index (Phi) is 4.88. The van der Waals surface area contributed by atoms with E-state index in [2.05, 4.69) is 15.2 Å². The zero-order valence-corrected chi connectivity index (χ0v) is 17.0. The number of thiophene rings is 1. The van der Waals surface area contributed by atoms with E-state index in [1.165, 1.54) is 11.3 Å². The molecule has 11 heteroatoms. The highest BCUT2D eigenvalue weighted by Crippen LogP contribution is 2.42. The van der Waals surface area contributed by atoms with Crippen LogP contribution in [0.25, 0.3) is 27.1 Å². The molecule has 0 unspecified atom stereocenters. The molecule has 0 saturated carbocycles. The summed E-state index contributed by atoms with van der Waals surface area (Å²) in [5.74, 6) is -0.169. The molecule has 0 saturated heterocycles. The van der Waals surface area contributed by atoms with Crippen LogP contribution in [0.5, 0.6) is 0 Å². The standard InChI is InChI=1S/C20H20N4O6S/c25-7-10(26)14(27)15(28)16(29)17-22-23-20-21-18-13(19(30)24(17)20)12-9-4-2-1-3-8(9)5-6-11(12)31-18/h1-4,10,14-16,25-29H,5-7H2,(H,21,23)/t10-,14-,15+,16-/m1/s1. The second-order valence-corrected chi connectivity index (χ2v) is 8.65. The average Bonchev–Trinajstić information content (AvgIpc) is 3.39. The third-order valence-electron chi connectivity index (χ3n) is 5.73. The van der Waals surface area contributed by atoms with Crippen molar-refractivity contribution in [2.45, 2.75) is 37.3 Å². The first-order valence-corrected chi connectivity index (χ1v) is 10.6. The molecule has 0 bridgehead atoms. The number of aromatic nitrogens is 4. The van der Waals surface area contributed by atoms with Crippen LogP contribution in [0.3, 0.4) is 0 Å². The third kappa shape index (κ3) is 3.01. The summed E-state index contributed by atoms with van der Waals surface area (Å²) in [6, 6.07) is 7.87. The van der Waals surface area contributed by atoms with Crippen LogP contribution >= 0.6 is 11.3 Å². The van der Waals surface area contributed by atoms with Crippen molar-refractivity contribution in [3.05, 3.63) is 50.9 Å². The number of aryl methyl sites for hydroxylation is 2. The van der Waals surface area contributed by atoms with E-state index in [0.717, 1.165) is 38.8 Å². The molecule has 6 N–H and O–H groups in total. The molecule has 3 heterocycles. The molecule has 1 aliphatic carbocycles. The van der Waals surface area contributed by atoms with Crippen molar-refractivity contribution >= 4 is 27.3 Å². The second-order valence-electron chi connectivity index (χ2n) is 7.57. The van der Waals surface area contributed by atoms with Crippen molar-refractivity contribution in [2.75, 3.05) is 6.61 Å². The lowest BCUT2D eigenvalue weighted by Gasteiger charge is -2.24. The first kappa shape index (κ1) is 20.2. The molecule has 10 nitrogen and oxygen atoms in total. The number of aromatic amines is 1. The fourth-order valence-electron chi connectivity index (χ4n) is 4.11. The number of fused-ring (bicyclic) bond motifs is 6. The van der Waals surface area contributed by atoms with Gasteiger partial charge in [-0.2, -0.15) is 5.10 Å². The Hall–Kier alpha value is -2.67. The number of rotatable bonds is 5. The van der Waals surface area contributed by atoms with Gasteiger partial charge in [-0.15, -0.1) is 11.3 Å². The van der Waals surface area contributed by atoms with Crippen LogP contribution in [0.15, 0.2) is 29.1 Å². The number of H-pyrrole nitrogens is 1. The number of hydrogen-bond donors (Lipinski definition) is 6. The molecule has 162 valence electrons. The van der Waals surface area contributed by atoms with Crippen LogP contribution in [0.2, 0.25) is 0 Å². The van der Waals surface area contributed by atoms with Crippen molar-refractivity contribution in [2.24, 2.45) is 0 Å². The van der Waals surface area contributed by atoms with Gasteiger partial charge in [0.05, 0.1) is 12.0 Å². The minimum Gasteiger partial charge on any atom is -0.394 e. The maximum absolute atomic E-state index is 13.5. The zero-order chi connectivity index (χ0) is 21.9. The van der Waals surface area contributed by atoms with Crippen molar-refractivity contribution in [3.63, 3.8) is 0 Å². The van der Waals surface area contributed by atoms with E-state index in [4.69, 9.17) is 5.11 Å². The van der Waals surface area contributed by atoms with Crippen LogP contribution in [0, 0.1) is 0 Å². The molecule has 0 amide bonds. The summed E-state index contributed by atoms with van der Waals surface area (Å²) in [5, 5.41) is 56.2. The quantitative estimate of drug-likeness (QED) is 0.240. The van der Waals surface area contributed by atoms with Gasteiger partial charge in [0, 0.05) is 10.4 Å². The minimum atomic E-state index is -1.90. The van der Waals surface area contributed by atoms with Gasteiger partial charge in [-0.25, -0.2) is 14.5 Å². The van der Waals surface area contributed by atoms with Crippen molar-refractivity contribution < 1.29 is 25.5 Å². The van der Waals surface area contributed by atoms with Crippen LogP contribution < -0.4 is 5.56 Å². The van der Waals surface area contributed by atoms with Gasteiger partial charge in [-0.05, 0) is 24.0 Å². The van der Waals surface area contributed by atoms with Gasteiger partial charge in [-0.3, -0.25) is 4.79 Å². The molecule has 0 aliphatic heterocycles. The van der Waals surface area contributed by atoms with Crippen molar-refractivity contribution in [3.8, 4) is 11.1 Å². The van der Waals surface area contributed by atoms with E-state index in [1.54, 1.807) is 0 Å². The molecule has 1 aromatic carbocycles. The Morgan fingerprint density at radius 3 is 2.68 bits per heavy atom. The van der Waals surface area contributed by atoms with Gasteiger partial charge in [0.25, 0.3) is 5.56 Å². The number of aliphatic hydroxyl groups excluding tert-OH is 5. The number of nitrogens with zero attached hydrogens (tertiary/aromatic N) is 3. The fourth-order valence-corrected chi connectivity index (χ4v) is 5.28. The van der Waals surface area contributed by atoms with E-state index >= 15 is 0 Å². The lowest BCUT2D eigenvalue weighted by atomic mass is 9.89. The number of hydrogen-bond acceptors (Lipinski definition) is 9. The van der Waals surface area contributed by atoms with Gasteiger partial charge in [0.2, 0.25) is 5.78 Å². The third-order valence-corrected chi connectivity index (χ3v) is 6.87. The lowest BCUT2D eigenvalue weighted by molar-refractivity contribution is -0.118. The molecule has 31 heavy (non-hydrogen) atoms. The van der Waals surface area contributed by atoms with Gasteiger partial charge >= 0.3 is 0 Å². The van der Waals surface area contributed by atoms with E-state index in [0.29, 0.717) is 10.2 Å². The molecule has 5 rings (SSSR count). The van der Waals surface area contributed by atoms with E-state index in [1.807, 2.05) is 24.3 Å². The Labute approximate surface area is 178 Å². The Bertz CT molecular complexity index is 1340. The van der Waals surface area contributed by atoms with E-state index in [-0.39, 0.29) is 11.6 Å². The highest BCUT2D eigenvalue weighted by Gasteiger charge is 2.34. The lowest BCUT2D eigenvalue weighted by Crippen LogP contribution is -2.43. The molecule has 0 fully saturated rings. The topological polar surface area (TPSA) is 164 Å². The summed E-state index contributed by atoms with van der Waals surface area (Å²) in [6.45, 7) is -0.811. The summed E-state index contributed by atoms with van der Waals surface area (Å²) in [4.78, 5) is 19.6. The summed E-state index contributed by atoms with van der Waals surface area (Å²) in [7, 11) is 0. The van der Waals surface area contributed by atoms with Gasteiger partial charge in [0.15, 0.2) is 5.82 Å². The first-order chi connectivity index (χ1) is 14.9. The van der Waals surface area contributed by atoms with Crippen LogP contribution in [0.1, 0.15) is 22.4 Å². The highest BCUT2D eigenvalue weighted by molar-refractivity contribution is 7.19. The Morgan fingerprint density at radius 1 is 1.13 bits per heavy atom. The maximum Gasteiger partial charge on any atom is 0.270 e. The summed E-state index contributed by atoms with van der Waals surface area (Å²) < 4.78 is 1.07. The second kappa shape index (κ2) is 7.48. The molecular weight excluding hydrogens is 424 g/mol. The zero-order valence-electron chi connectivity index (χ0n) is 16.1. The van der Waals surface area contributed by atoms with Crippen LogP contribution in [0.4, 0.5) is 0 Å².